The van der Waals surface area contributed by atoms with Crippen LogP contribution in [0.2, 0.25) is 5.02 Å². The summed E-state index contributed by atoms with van der Waals surface area (Å²) in [4.78, 5) is 18.5. The molecule has 1 aliphatic carbocycles. The molecular weight excluding hydrogens is 292 g/mol. The number of carbonyl (C=O) groups is 1. The van der Waals surface area contributed by atoms with Crippen LogP contribution < -0.4 is 4.90 Å². The van der Waals surface area contributed by atoms with Crippen LogP contribution in [-0.2, 0) is 4.79 Å². The fourth-order valence-electron chi connectivity index (χ4n) is 2.10. The molecule has 0 saturated heterocycles. The number of halogens is 1. The quantitative estimate of drug-likeness (QED) is 0.840. The molecule has 1 fully saturated rings. The molecule has 0 atom stereocenters. The van der Waals surface area contributed by atoms with Gasteiger partial charge in [0.05, 0.1) is 5.69 Å². The van der Waals surface area contributed by atoms with E-state index in [1.54, 1.807) is 0 Å². The molecule has 1 aliphatic rings. The van der Waals surface area contributed by atoms with Crippen LogP contribution in [0.3, 0.4) is 0 Å². The van der Waals surface area contributed by atoms with E-state index in [-0.39, 0.29) is 5.91 Å². The lowest BCUT2D eigenvalue weighted by atomic mass is 10.2. The molecule has 2 aromatic rings. The minimum Gasteiger partial charge on any atom is -0.285 e. The Morgan fingerprint density at radius 2 is 2.10 bits per heavy atom. The molecule has 5 heteroatoms. The van der Waals surface area contributed by atoms with Crippen LogP contribution in [0, 0.1) is 0 Å². The summed E-state index contributed by atoms with van der Waals surface area (Å²) < 4.78 is 0. The van der Waals surface area contributed by atoms with Gasteiger partial charge in [-0.2, -0.15) is 0 Å². The van der Waals surface area contributed by atoms with Crippen molar-refractivity contribution in [2.45, 2.75) is 32.2 Å². The predicted molar refractivity (Wildman–Crippen MR) is 83.4 cm³/mol. The van der Waals surface area contributed by atoms with Gasteiger partial charge in [-0.05, 0) is 25.0 Å². The molecule has 0 unspecified atom stereocenters. The van der Waals surface area contributed by atoms with Crippen LogP contribution in [0.5, 0.6) is 0 Å². The Labute approximate surface area is 127 Å². The summed E-state index contributed by atoms with van der Waals surface area (Å²) in [6, 6.07) is 7.96. The fraction of sp³-hybridized carbons (Fsp3) is 0.333. The Bertz CT molecular complexity index is 619. The van der Waals surface area contributed by atoms with E-state index in [1.807, 2.05) is 41.5 Å². The number of benzene rings is 1. The highest BCUT2D eigenvalue weighted by molar-refractivity contribution is 7.14. The third kappa shape index (κ3) is 2.72. The number of hydrogen-bond donors (Lipinski definition) is 0. The summed E-state index contributed by atoms with van der Waals surface area (Å²) in [7, 11) is 0. The number of nitrogens with zero attached hydrogens (tertiary/aromatic N) is 2. The van der Waals surface area contributed by atoms with Crippen molar-refractivity contribution in [1.82, 2.24) is 4.98 Å². The number of hydrogen-bond acceptors (Lipinski definition) is 3. The number of rotatable bonds is 4. The molecule has 3 nitrogen and oxygen atoms in total. The second-order valence-electron chi connectivity index (χ2n) is 4.87. The van der Waals surface area contributed by atoms with Gasteiger partial charge in [0.25, 0.3) is 0 Å². The van der Waals surface area contributed by atoms with Crippen LogP contribution in [0.15, 0.2) is 29.6 Å². The van der Waals surface area contributed by atoms with E-state index < -0.39 is 0 Å². The van der Waals surface area contributed by atoms with E-state index in [1.165, 1.54) is 11.3 Å². The second-order valence-corrected chi connectivity index (χ2v) is 6.14. The third-order valence-electron chi connectivity index (χ3n) is 3.32. The first kappa shape index (κ1) is 13.6. The second kappa shape index (κ2) is 5.54. The van der Waals surface area contributed by atoms with Crippen LogP contribution in [0.25, 0.3) is 11.3 Å². The predicted octanol–water partition coefficient (Wildman–Crippen LogP) is 4.37. The van der Waals surface area contributed by atoms with Gasteiger partial charge in [-0.1, -0.05) is 30.7 Å². The van der Waals surface area contributed by atoms with Crippen molar-refractivity contribution in [3.8, 4) is 11.3 Å². The van der Waals surface area contributed by atoms with Crippen LogP contribution in [0.1, 0.15) is 26.2 Å². The standard InChI is InChI=1S/C15H15ClN2OS/c1-2-14(19)18(12-7-8-12)15-17-13(9-20-15)10-3-5-11(16)6-4-10/h3-6,9,12H,2,7-8H2,1H3. The number of amides is 1. The first-order chi connectivity index (χ1) is 9.69. The molecule has 1 heterocycles. The van der Waals surface area contributed by atoms with E-state index in [0.29, 0.717) is 17.5 Å². The van der Waals surface area contributed by atoms with Crippen LogP contribution >= 0.6 is 22.9 Å². The largest absolute Gasteiger partial charge is 0.285 e. The van der Waals surface area contributed by atoms with E-state index in [0.717, 1.165) is 29.2 Å². The van der Waals surface area contributed by atoms with E-state index >= 15 is 0 Å². The van der Waals surface area contributed by atoms with Gasteiger partial charge in [0.2, 0.25) is 5.91 Å². The summed E-state index contributed by atoms with van der Waals surface area (Å²) in [5.74, 6) is 0.157. The molecule has 104 valence electrons. The third-order valence-corrected chi connectivity index (χ3v) is 4.41. The lowest BCUT2D eigenvalue weighted by Crippen LogP contribution is -2.32. The highest BCUT2D eigenvalue weighted by Crippen LogP contribution is 2.36. The fourth-order valence-corrected chi connectivity index (χ4v) is 3.15. The van der Waals surface area contributed by atoms with Crippen molar-refractivity contribution in [3.05, 3.63) is 34.7 Å². The molecule has 3 rings (SSSR count). The van der Waals surface area contributed by atoms with Crippen LogP contribution in [-0.4, -0.2) is 16.9 Å². The van der Waals surface area contributed by atoms with Gasteiger partial charge in [0, 0.05) is 28.4 Å². The zero-order valence-corrected chi connectivity index (χ0v) is 12.7. The number of anilines is 1. The minimum absolute atomic E-state index is 0.157. The van der Waals surface area contributed by atoms with E-state index in [2.05, 4.69) is 4.98 Å². The van der Waals surface area contributed by atoms with Crippen molar-refractivity contribution < 1.29 is 4.79 Å². The average Bonchev–Trinajstić information content (AvgIpc) is 3.17. The summed E-state index contributed by atoms with van der Waals surface area (Å²) in [5.41, 5.74) is 1.92. The van der Waals surface area contributed by atoms with Gasteiger partial charge in [0.1, 0.15) is 0 Å². The molecule has 20 heavy (non-hydrogen) atoms. The zero-order chi connectivity index (χ0) is 14.1. The Kier molecular flexibility index (Phi) is 3.76. The van der Waals surface area contributed by atoms with Crippen molar-refractivity contribution in [2.75, 3.05) is 4.90 Å². The maximum absolute atomic E-state index is 12.1. The summed E-state index contributed by atoms with van der Waals surface area (Å²) in [6.45, 7) is 1.89. The first-order valence-electron chi connectivity index (χ1n) is 6.72. The summed E-state index contributed by atoms with van der Waals surface area (Å²) in [6.07, 6.45) is 2.69. The highest BCUT2D eigenvalue weighted by Gasteiger charge is 2.34. The highest BCUT2D eigenvalue weighted by atomic mass is 35.5. The van der Waals surface area contributed by atoms with Crippen molar-refractivity contribution in [1.29, 1.82) is 0 Å². The van der Waals surface area contributed by atoms with Crippen LogP contribution in [0.4, 0.5) is 5.13 Å². The Hall–Kier alpha value is -1.39. The zero-order valence-electron chi connectivity index (χ0n) is 11.2. The molecule has 0 N–H and O–H groups in total. The number of thiazole rings is 1. The lowest BCUT2D eigenvalue weighted by Gasteiger charge is -2.18. The smallest absolute Gasteiger partial charge is 0.228 e. The Morgan fingerprint density at radius 3 is 2.70 bits per heavy atom. The van der Waals surface area contributed by atoms with Gasteiger partial charge < -0.3 is 0 Å². The van der Waals surface area contributed by atoms with Crippen molar-refractivity contribution >= 4 is 34.0 Å². The maximum atomic E-state index is 12.1. The van der Waals surface area contributed by atoms with Gasteiger partial charge >= 0.3 is 0 Å². The van der Waals surface area contributed by atoms with E-state index in [4.69, 9.17) is 11.6 Å². The molecule has 1 saturated carbocycles. The number of carbonyl (C=O) groups excluding carboxylic acids is 1. The average molecular weight is 307 g/mol. The molecule has 0 radical (unpaired) electrons. The lowest BCUT2D eigenvalue weighted by molar-refractivity contribution is -0.118. The van der Waals surface area contributed by atoms with Gasteiger partial charge in [-0.15, -0.1) is 11.3 Å². The monoisotopic (exact) mass is 306 g/mol. The molecule has 0 spiro atoms. The van der Waals surface area contributed by atoms with E-state index in [9.17, 15) is 4.79 Å². The molecule has 1 aromatic heterocycles. The first-order valence-corrected chi connectivity index (χ1v) is 7.98. The van der Waals surface area contributed by atoms with Crippen molar-refractivity contribution in [2.24, 2.45) is 0 Å². The molecular formula is C15H15ClN2OS. The Morgan fingerprint density at radius 1 is 1.40 bits per heavy atom. The molecule has 0 bridgehead atoms. The summed E-state index contributed by atoms with van der Waals surface area (Å²) in [5, 5.41) is 3.52. The summed E-state index contributed by atoms with van der Waals surface area (Å²) >= 11 is 7.42. The van der Waals surface area contributed by atoms with Gasteiger partial charge in [-0.3, -0.25) is 9.69 Å². The molecule has 1 amide bonds. The topological polar surface area (TPSA) is 33.2 Å². The minimum atomic E-state index is 0.157. The normalized spacial score (nSPS) is 14.3. The number of aromatic nitrogens is 1. The van der Waals surface area contributed by atoms with Gasteiger partial charge in [0.15, 0.2) is 5.13 Å². The Balaban J connectivity index is 1.88. The molecule has 1 aromatic carbocycles. The van der Waals surface area contributed by atoms with Crippen molar-refractivity contribution in [3.63, 3.8) is 0 Å². The molecule has 0 aliphatic heterocycles. The maximum Gasteiger partial charge on any atom is 0.228 e. The SMILES string of the molecule is CCC(=O)N(c1nc(-c2ccc(Cl)cc2)cs1)C1CC1. The van der Waals surface area contributed by atoms with Gasteiger partial charge in [-0.25, -0.2) is 4.98 Å².